The van der Waals surface area contributed by atoms with Crippen LogP contribution < -0.4 is 5.32 Å². The summed E-state index contributed by atoms with van der Waals surface area (Å²) in [6.45, 7) is 8.09. The molecule has 0 bridgehead atoms. The second-order valence-corrected chi connectivity index (χ2v) is 8.28. The Kier molecular flexibility index (Phi) is 3.81. The predicted octanol–water partition coefficient (Wildman–Crippen LogP) is 1.90. The Morgan fingerprint density at radius 3 is 2.70 bits per heavy atom. The molecule has 3 atom stereocenters. The molecule has 1 N–H and O–H groups in total. The summed E-state index contributed by atoms with van der Waals surface area (Å²) in [6, 6.07) is 0.0419. The van der Waals surface area contributed by atoms with E-state index in [1.165, 1.54) is 0 Å². The van der Waals surface area contributed by atoms with Crippen molar-refractivity contribution in [2.24, 2.45) is 17.3 Å². The standard InChI is InChI=1S/C18H28N2O3/c1-11(2)19-15(22)17(3,4)20-9-7-12-10-13-14(21)6-5-8-18(12,13)16(20)23/h11-13H,5-10H2,1-4H3,(H,19,22)/t12-,13+,18-/m0/s1. The van der Waals surface area contributed by atoms with Gasteiger partial charge in [-0.25, -0.2) is 0 Å². The second kappa shape index (κ2) is 5.32. The van der Waals surface area contributed by atoms with Crippen molar-refractivity contribution in [3.63, 3.8) is 0 Å². The van der Waals surface area contributed by atoms with E-state index in [1.807, 2.05) is 27.7 Å². The Morgan fingerprint density at radius 2 is 2.04 bits per heavy atom. The van der Waals surface area contributed by atoms with Crippen molar-refractivity contribution in [1.29, 1.82) is 0 Å². The summed E-state index contributed by atoms with van der Waals surface area (Å²) in [5, 5.41) is 2.92. The quantitative estimate of drug-likeness (QED) is 0.863. The molecule has 2 aliphatic carbocycles. The number of carbonyl (C=O) groups is 3. The number of nitrogens with one attached hydrogen (secondary N) is 1. The van der Waals surface area contributed by atoms with Crippen LogP contribution in [0.25, 0.3) is 0 Å². The number of nitrogens with zero attached hydrogens (tertiary/aromatic N) is 1. The molecule has 1 spiro atoms. The van der Waals surface area contributed by atoms with Crippen LogP contribution in [0.4, 0.5) is 0 Å². The van der Waals surface area contributed by atoms with E-state index in [2.05, 4.69) is 5.32 Å². The SMILES string of the molecule is CC(C)NC(=O)C(C)(C)N1CC[C@H]2C[C@@H]3C(=O)CCC[C@]23C1=O. The number of rotatable bonds is 3. The summed E-state index contributed by atoms with van der Waals surface area (Å²) in [4.78, 5) is 39.9. The molecule has 0 aromatic rings. The van der Waals surface area contributed by atoms with Gasteiger partial charge in [-0.05, 0) is 59.3 Å². The maximum absolute atomic E-state index is 13.3. The molecule has 5 heteroatoms. The lowest BCUT2D eigenvalue weighted by Crippen LogP contribution is -2.71. The molecule has 1 saturated heterocycles. The topological polar surface area (TPSA) is 66.5 Å². The minimum Gasteiger partial charge on any atom is -0.352 e. The van der Waals surface area contributed by atoms with Gasteiger partial charge in [-0.1, -0.05) is 0 Å². The number of carbonyl (C=O) groups excluding carboxylic acids is 3. The van der Waals surface area contributed by atoms with Crippen molar-refractivity contribution in [3.05, 3.63) is 0 Å². The summed E-state index contributed by atoms with van der Waals surface area (Å²) in [5.74, 6) is 0.424. The van der Waals surface area contributed by atoms with E-state index in [0.29, 0.717) is 18.9 Å². The summed E-state index contributed by atoms with van der Waals surface area (Å²) in [7, 11) is 0. The molecule has 23 heavy (non-hydrogen) atoms. The number of likely N-dealkylation sites (tertiary alicyclic amines) is 1. The molecule has 3 aliphatic rings. The van der Waals surface area contributed by atoms with E-state index < -0.39 is 11.0 Å². The summed E-state index contributed by atoms with van der Waals surface area (Å²) < 4.78 is 0. The third-order valence-electron chi connectivity index (χ3n) is 6.27. The molecule has 3 fully saturated rings. The Morgan fingerprint density at radius 1 is 1.35 bits per heavy atom. The van der Waals surface area contributed by atoms with Crippen LogP contribution in [0.2, 0.25) is 0 Å². The van der Waals surface area contributed by atoms with Crippen LogP contribution in [-0.4, -0.2) is 40.6 Å². The van der Waals surface area contributed by atoms with Gasteiger partial charge in [0.1, 0.15) is 11.3 Å². The first kappa shape index (κ1) is 16.5. The van der Waals surface area contributed by atoms with Gasteiger partial charge in [0.15, 0.2) is 0 Å². The number of hydrogen-bond donors (Lipinski definition) is 1. The molecule has 3 rings (SSSR count). The average molecular weight is 320 g/mol. The average Bonchev–Trinajstić information content (AvgIpc) is 2.42. The van der Waals surface area contributed by atoms with Crippen molar-refractivity contribution in [1.82, 2.24) is 10.2 Å². The van der Waals surface area contributed by atoms with E-state index in [9.17, 15) is 14.4 Å². The number of Topliss-reactive ketones (excluding diaryl/α,β-unsaturated/α-hetero) is 1. The predicted molar refractivity (Wildman–Crippen MR) is 86.6 cm³/mol. The first-order valence-electron chi connectivity index (χ1n) is 8.87. The minimum absolute atomic E-state index is 0.0419. The highest BCUT2D eigenvalue weighted by Crippen LogP contribution is 2.62. The fourth-order valence-corrected chi connectivity index (χ4v) is 4.89. The van der Waals surface area contributed by atoms with Gasteiger partial charge in [-0.2, -0.15) is 0 Å². The maximum atomic E-state index is 13.3. The third-order valence-corrected chi connectivity index (χ3v) is 6.27. The van der Waals surface area contributed by atoms with E-state index in [4.69, 9.17) is 0 Å². The Hall–Kier alpha value is -1.39. The molecular formula is C18H28N2O3. The van der Waals surface area contributed by atoms with Crippen molar-refractivity contribution in [3.8, 4) is 0 Å². The van der Waals surface area contributed by atoms with Gasteiger partial charge < -0.3 is 10.2 Å². The van der Waals surface area contributed by atoms with Gasteiger partial charge in [-0.3, -0.25) is 14.4 Å². The van der Waals surface area contributed by atoms with Crippen LogP contribution in [0, 0.1) is 17.3 Å². The van der Waals surface area contributed by atoms with Gasteiger partial charge in [0.2, 0.25) is 11.8 Å². The lowest BCUT2D eigenvalue weighted by Gasteiger charge is -2.62. The number of piperidine rings is 1. The molecule has 0 aromatic carbocycles. The maximum Gasteiger partial charge on any atom is 0.245 e. The molecule has 1 heterocycles. The Bertz CT molecular complexity index is 554. The van der Waals surface area contributed by atoms with Crippen LogP contribution in [0.1, 0.15) is 59.8 Å². The number of hydrogen-bond acceptors (Lipinski definition) is 3. The monoisotopic (exact) mass is 320 g/mol. The molecule has 2 amide bonds. The number of amides is 2. The fraction of sp³-hybridized carbons (Fsp3) is 0.833. The zero-order valence-electron chi connectivity index (χ0n) is 14.6. The van der Waals surface area contributed by atoms with E-state index in [1.54, 1.807) is 4.90 Å². The normalized spacial score (nSPS) is 33.9. The highest BCUT2D eigenvalue weighted by molar-refractivity contribution is 5.98. The van der Waals surface area contributed by atoms with E-state index in [0.717, 1.165) is 25.7 Å². The lowest BCUT2D eigenvalue weighted by molar-refractivity contribution is -0.192. The molecule has 5 nitrogen and oxygen atoms in total. The molecular weight excluding hydrogens is 292 g/mol. The summed E-state index contributed by atoms with van der Waals surface area (Å²) >= 11 is 0. The van der Waals surface area contributed by atoms with E-state index in [-0.39, 0.29) is 29.6 Å². The van der Waals surface area contributed by atoms with Crippen molar-refractivity contribution >= 4 is 17.6 Å². The zero-order valence-corrected chi connectivity index (χ0v) is 14.6. The largest absolute Gasteiger partial charge is 0.352 e. The first-order valence-corrected chi connectivity index (χ1v) is 8.87. The van der Waals surface area contributed by atoms with E-state index >= 15 is 0 Å². The van der Waals surface area contributed by atoms with Crippen LogP contribution >= 0.6 is 0 Å². The summed E-state index contributed by atoms with van der Waals surface area (Å²) in [5.41, 5.74) is -1.37. The molecule has 0 aromatic heterocycles. The third kappa shape index (κ3) is 2.23. The lowest BCUT2D eigenvalue weighted by atomic mass is 9.44. The molecule has 128 valence electrons. The fourth-order valence-electron chi connectivity index (χ4n) is 4.89. The van der Waals surface area contributed by atoms with Crippen LogP contribution in [0.3, 0.4) is 0 Å². The van der Waals surface area contributed by atoms with Gasteiger partial charge in [-0.15, -0.1) is 0 Å². The molecule has 1 aliphatic heterocycles. The second-order valence-electron chi connectivity index (χ2n) is 8.28. The van der Waals surface area contributed by atoms with Gasteiger partial charge in [0.05, 0.1) is 5.41 Å². The number of ketones is 1. The Labute approximate surface area is 138 Å². The minimum atomic E-state index is -0.873. The van der Waals surface area contributed by atoms with Crippen molar-refractivity contribution in [2.75, 3.05) is 6.54 Å². The molecule has 0 unspecified atom stereocenters. The highest BCUT2D eigenvalue weighted by atomic mass is 16.2. The zero-order chi connectivity index (χ0) is 17.0. The van der Waals surface area contributed by atoms with Crippen LogP contribution in [-0.2, 0) is 14.4 Å². The van der Waals surface area contributed by atoms with Crippen LogP contribution in [0.5, 0.6) is 0 Å². The Balaban J connectivity index is 1.86. The van der Waals surface area contributed by atoms with Gasteiger partial charge in [0.25, 0.3) is 0 Å². The first-order chi connectivity index (χ1) is 10.7. The van der Waals surface area contributed by atoms with Gasteiger partial charge >= 0.3 is 0 Å². The highest BCUT2D eigenvalue weighted by Gasteiger charge is 2.66. The molecule has 0 radical (unpaired) electrons. The smallest absolute Gasteiger partial charge is 0.245 e. The van der Waals surface area contributed by atoms with Crippen LogP contribution in [0.15, 0.2) is 0 Å². The summed E-state index contributed by atoms with van der Waals surface area (Å²) in [6.07, 6.45) is 4.02. The van der Waals surface area contributed by atoms with Gasteiger partial charge in [0, 0.05) is 24.9 Å². The van der Waals surface area contributed by atoms with Crippen molar-refractivity contribution < 1.29 is 14.4 Å². The van der Waals surface area contributed by atoms with Crippen molar-refractivity contribution in [2.45, 2.75) is 71.4 Å². The molecule has 2 saturated carbocycles.